The lowest BCUT2D eigenvalue weighted by molar-refractivity contribution is -0.137. The zero-order valence-electron chi connectivity index (χ0n) is 23.1. The second-order valence-corrected chi connectivity index (χ2v) is 9.92. The highest BCUT2D eigenvalue weighted by Crippen LogP contribution is 2.29. The highest BCUT2D eigenvalue weighted by Gasteiger charge is 2.22. The van der Waals surface area contributed by atoms with Gasteiger partial charge in [-0.05, 0) is 51.7 Å². The van der Waals surface area contributed by atoms with Crippen molar-refractivity contribution in [2.24, 2.45) is 0 Å². The average Bonchev–Trinajstić information content (AvgIpc) is 3.03. The number of aliphatic carboxylic acids is 1. The summed E-state index contributed by atoms with van der Waals surface area (Å²) in [4.78, 5) is 44.7. The number of carboxylic acids is 1. The number of pyridine rings is 1. The Morgan fingerprint density at radius 2 is 1.38 bits per heavy atom. The summed E-state index contributed by atoms with van der Waals surface area (Å²) in [6.45, 7) is 0.721. The molecule has 1 heterocycles. The third kappa shape index (κ3) is 6.70. The number of hydrogen-bond donors (Lipinski definition) is 2. The van der Waals surface area contributed by atoms with Crippen molar-refractivity contribution in [1.82, 2.24) is 15.2 Å². The first kappa shape index (κ1) is 28.2. The Kier molecular flexibility index (Phi) is 8.99. The van der Waals surface area contributed by atoms with Crippen LogP contribution in [-0.2, 0) is 17.8 Å². The van der Waals surface area contributed by atoms with Crippen molar-refractivity contribution < 1.29 is 19.5 Å². The maximum Gasteiger partial charge on any atom is 0.305 e. The van der Waals surface area contributed by atoms with Crippen LogP contribution < -0.4 is 5.32 Å². The molecule has 42 heavy (non-hydrogen) atoms. The van der Waals surface area contributed by atoms with Crippen LogP contribution in [0.4, 0.5) is 0 Å². The summed E-state index contributed by atoms with van der Waals surface area (Å²) >= 11 is 0. The van der Waals surface area contributed by atoms with E-state index in [4.69, 9.17) is 0 Å². The first-order valence-corrected chi connectivity index (χ1v) is 13.9. The number of carboxylic acid groups (broad SMARTS) is 1. The van der Waals surface area contributed by atoms with Gasteiger partial charge in [0.1, 0.15) is 0 Å². The Labute approximate surface area is 244 Å². The van der Waals surface area contributed by atoms with Crippen LogP contribution in [0.2, 0.25) is 0 Å². The first-order chi connectivity index (χ1) is 20.5. The quantitative estimate of drug-likeness (QED) is 0.208. The topological polar surface area (TPSA) is 99.6 Å². The van der Waals surface area contributed by atoms with Gasteiger partial charge in [-0.3, -0.25) is 19.4 Å². The van der Waals surface area contributed by atoms with Crippen molar-refractivity contribution in [1.29, 1.82) is 0 Å². The summed E-state index contributed by atoms with van der Waals surface area (Å²) in [7, 11) is 0. The molecule has 0 bridgehead atoms. The number of carbonyl (C=O) groups excluding carboxylic acids is 2. The summed E-state index contributed by atoms with van der Waals surface area (Å²) in [5.74, 6) is -1.53. The van der Waals surface area contributed by atoms with E-state index in [0.29, 0.717) is 41.8 Å². The van der Waals surface area contributed by atoms with E-state index in [1.54, 1.807) is 35.4 Å². The number of hydrogen-bond acceptors (Lipinski definition) is 4. The smallest absolute Gasteiger partial charge is 0.305 e. The predicted octanol–water partition coefficient (Wildman–Crippen LogP) is 5.99. The fourth-order valence-electron chi connectivity index (χ4n) is 5.05. The Bertz CT molecular complexity index is 1710. The minimum atomic E-state index is -0.980. The van der Waals surface area contributed by atoms with Gasteiger partial charge in [0.15, 0.2) is 0 Å². The molecule has 0 radical (unpaired) electrons. The van der Waals surface area contributed by atoms with E-state index in [-0.39, 0.29) is 24.8 Å². The van der Waals surface area contributed by atoms with Crippen molar-refractivity contribution >= 4 is 28.6 Å². The number of rotatable bonds is 11. The predicted molar refractivity (Wildman–Crippen MR) is 163 cm³/mol. The highest BCUT2D eigenvalue weighted by atomic mass is 16.4. The minimum Gasteiger partial charge on any atom is -0.481 e. The van der Waals surface area contributed by atoms with Gasteiger partial charge in [-0.15, -0.1) is 0 Å². The van der Waals surface area contributed by atoms with Gasteiger partial charge in [0.05, 0.1) is 6.42 Å². The summed E-state index contributed by atoms with van der Waals surface area (Å²) in [5.41, 5.74) is 3.90. The zero-order chi connectivity index (χ0) is 29.3. The molecule has 0 unspecified atom stereocenters. The Balaban J connectivity index is 1.41. The third-order valence-electron chi connectivity index (χ3n) is 7.19. The molecule has 0 aliphatic carbocycles. The van der Waals surface area contributed by atoms with Gasteiger partial charge in [-0.2, -0.15) is 0 Å². The standard InChI is InChI=1S/C35H31N3O4/c39-33(40)20-23-38(22-19-27-13-7-8-21-36-27)35(42)32-18-6-4-16-30(32)29-15-3-5-17-31(29)34(41)37-24-26-12-9-11-25-10-1-2-14-28(25)26/h1-18,21H,19-20,22-24H2,(H,37,41)(H,39,40). The molecule has 0 fully saturated rings. The monoisotopic (exact) mass is 557 g/mol. The highest BCUT2D eigenvalue weighted by molar-refractivity contribution is 6.06. The molecule has 0 aliphatic heterocycles. The fourth-order valence-corrected chi connectivity index (χ4v) is 5.05. The molecule has 7 heteroatoms. The molecular formula is C35H31N3O4. The minimum absolute atomic E-state index is 0.0580. The second-order valence-electron chi connectivity index (χ2n) is 9.92. The Morgan fingerprint density at radius 3 is 2.14 bits per heavy atom. The molecule has 0 atom stereocenters. The van der Waals surface area contributed by atoms with Gasteiger partial charge in [-0.25, -0.2) is 0 Å². The fraction of sp³-hybridized carbons (Fsp3) is 0.143. The maximum absolute atomic E-state index is 13.9. The number of aromatic nitrogens is 1. The van der Waals surface area contributed by atoms with Gasteiger partial charge in [0.2, 0.25) is 0 Å². The van der Waals surface area contributed by atoms with E-state index >= 15 is 0 Å². The lowest BCUT2D eigenvalue weighted by Crippen LogP contribution is -2.35. The first-order valence-electron chi connectivity index (χ1n) is 13.9. The van der Waals surface area contributed by atoms with Crippen LogP contribution in [0.15, 0.2) is 115 Å². The van der Waals surface area contributed by atoms with Crippen LogP contribution in [0.3, 0.4) is 0 Å². The van der Waals surface area contributed by atoms with E-state index in [1.165, 1.54) is 0 Å². The number of nitrogens with one attached hydrogen (secondary N) is 1. The zero-order valence-corrected chi connectivity index (χ0v) is 23.1. The molecule has 5 rings (SSSR count). The molecule has 0 saturated carbocycles. The van der Waals surface area contributed by atoms with Crippen LogP contribution in [-0.4, -0.2) is 45.9 Å². The average molecular weight is 558 g/mol. The second kappa shape index (κ2) is 13.4. The van der Waals surface area contributed by atoms with Crippen molar-refractivity contribution in [2.75, 3.05) is 13.1 Å². The molecule has 0 spiro atoms. The van der Waals surface area contributed by atoms with E-state index in [1.807, 2.05) is 84.9 Å². The summed E-state index contributed by atoms with van der Waals surface area (Å²) in [6, 6.07) is 34.0. The number of carbonyl (C=O) groups is 3. The molecule has 1 aromatic heterocycles. The van der Waals surface area contributed by atoms with Crippen LogP contribution in [0, 0.1) is 0 Å². The normalized spacial score (nSPS) is 10.8. The van der Waals surface area contributed by atoms with Gasteiger partial charge in [-0.1, -0.05) is 84.9 Å². The number of nitrogens with zero attached hydrogens (tertiary/aromatic N) is 2. The van der Waals surface area contributed by atoms with Crippen molar-refractivity contribution in [3.8, 4) is 11.1 Å². The summed E-state index contributed by atoms with van der Waals surface area (Å²) in [5, 5.41) is 14.6. The van der Waals surface area contributed by atoms with Gasteiger partial charge in [0, 0.05) is 49.1 Å². The molecule has 0 aliphatic rings. The van der Waals surface area contributed by atoms with Crippen LogP contribution in [0.25, 0.3) is 21.9 Å². The number of amides is 2. The molecule has 4 aromatic carbocycles. The molecule has 5 aromatic rings. The van der Waals surface area contributed by atoms with E-state index < -0.39 is 5.97 Å². The van der Waals surface area contributed by atoms with Crippen molar-refractivity contribution in [3.63, 3.8) is 0 Å². The van der Waals surface area contributed by atoms with E-state index in [2.05, 4.69) is 10.3 Å². The molecule has 210 valence electrons. The molecular weight excluding hydrogens is 526 g/mol. The molecule has 2 amide bonds. The third-order valence-corrected chi connectivity index (χ3v) is 7.19. The number of benzene rings is 4. The number of fused-ring (bicyclic) bond motifs is 1. The SMILES string of the molecule is O=C(O)CCN(CCc1ccccn1)C(=O)c1ccccc1-c1ccccc1C(=O)NCc1cccc2ccccc12. The summed E-state index contributed by atoms with van der Waals surface area (Å²) < 4.78 is 0. The maximum atomic E-state index is 13.9. The molecule has 2 N–H and O–H groups in total. The molecule has 0 saturated heterocycles. The van der Waals surface area contributed by atoms with Crippen LogP contribution >= 0.6 is 0 Å². The van der Waals surface area contributed by atoms with Crippen molar-refractivity contribution in [3.05, 3.63) is 138 Å². The Morgan fingerprint density at radius 1 is 0.714 bits per heavy atom. The van der Waals surface area contributed by atoms with Crippen LogP contribution in [0.5, 0.6) is 0 Å². The summed E-state index contributed by atoms with van der Waals surface area (Å²) in [6.07, 6.45) is 2.00. The molecule has 7 nitrogen and oxygen atoms in total. The van der Waals surface area contributed by atoms with Crippen LogP contribution in [0.1, 0.15) is 38.4 Å². The van der Waals surface area contributed by atoms with E-state index in [9.17, 15) is 19.5 Å². The van der Waals surface area contributed by atoms with Gasteiger partial charge in [0.25, 0.3) is 11.8 Å². The largest absolute Gasteiger partial charge is 0.481 e. The van der Waals surface area contributed by atoms with Gasteiger partial charge < -0.3 is 15.3 Å². The lowest BCUT2D eigenvalue weighted by Gasteiger charge is -2.24. The Hall–Kier alpha value is -5.30. The van der Waals surface area contributed by atoms with Gasteiger partial charge >= 0.3 is 5.97 Å². The van der Waals surface area contributed by atoms with E-state index in [0.717, 1.165) is 22.0 Å². The lowest BCUT2D eigenvalue weighted by atomic mass is 9.94. The van der Waals surface area contributed by atoms with Crippen molar-refractivity contribution in [2.45, 2.75) is 19.4 Å².